The van der Waals surface area contributed by atoms with Gasteiger partial charge in [-0.3, -0.25) is 9.69 Å². The Kier molecular flexibility index (Phi) is 5.09. The van der Waals surface area contributed by atoms with Gasteiger partial charge in [0, 0.05) is 17.8 Å². The van der Waals surface area contributed by atoms with Crippen molar-refractivity contribution in [1.82, 2.24) is 4.90 Å². The first kappa shape index (κ1) is 15.8. The first-order valence-corrected chi connectivity index (χ1v) is 8.46. The van der Waals surface area contributed by atoms with E-state index in [4.69, 9.17) is 0 Å². The maximum Gasteiger partial charge on any atom is 0.255 e. The monoisotopic (exact) mass is 308 g/mol. The summed E-state index contributed by atoms with van der Waals surface area (Å²) in [5.74, 6) is -0.0537. The Morgan fingerprint density at radius 2 is 1.57 bits per heavy atom. The minimum Gasteiger partial charge on any atom is -0.322 e. The molecule has 2 aromatic rings. The van der Waals surface area contributed by atoms with E-state index in [-0.39, 0.29) is 5.91 Å². The van der Waals surface area contributed by atoms with Gasteiger partial charge in [0.2, 0.25) is 0 Å². The molecule has 0 radical (unpaired) electrons. The predicted molar refractivity (Wildman–Crippen MR) is 94.7 cm³/mol. The number of carbonyl (C=O) groups excluding carboxylic acids is 1. The number of hydrogen-bond acceptors (Lipinski definition) is 2. The number of nitrogens with zero attached hydrogens (tertiary/aromatic N) is 1. The fraction of sp³-hybridized carbons (Fsp3) is 0.350. The standard InChI is InChI=1S/C20H24N2O/c1-2-16-7-11-19(12-8-16)21-20(23)18-9-5-17(6-10-18)15-22-13-3-4-14-22/h5-12H,2-4,13-15H2,1H3,(H,21,23). The predicted octanol–water partition coefficient (Wildman–Crippen LogP) is 4.10. The van der Waals surface area contributed by atoms with Crippen molar-refractivity contribution < 1.29 is 4.79 Å². The van der Waals surface area contributed by atoms with Crippen LogP contribution in [-0.4, -0.2) is 23.9 Å². The van der Waals surface area contributed by atoms with Gasteiger partial charge in [-0.25, -0.2) is 0 Å². The summed E-state index contributed by atoms with van der Waals surface area (Å²) in [6, 6.07) is 16.0. The molecular formula is C20H24N2O. The number of rotatable bonds is 5. The van der Waals surface area contributed by atoms with Gasteiger partial charge in [0.05, 0.1) is 0 Å². The van der Waals surface area contributed by atoms with Crippen LogP contribution in [0.15, 0.2) is 48.5 Å². The van der Waals surface area contributed by atoms with E-state index in [0.29, 0.717) is 5.56 Å². The lowest BCUT2D eigenvalue weighted by Crippen LogP contribution is -2.18. The molecule has 0 unspecified atom stereocenters. The van der Waals surface area contributed by atoms with Gasteiger partial charge >= 0.3 is 0 Å². The SMILES string of the molecule is CCc1ccc(NC(=O)c2ccc(CN3CCCC3)cc2)cc1. The highest BCUT2D eigenvalue weighted by atomic mass is 16.1. The molecule has 0 aromatic heterocycles. The number of carbonyl (C=O) groups is 1. The molecule has 1 heterocycles. The quantitative estimate of drug-likeness (QED) is 0.902. The van der Waals surface area contributed by atoms with Crippen molar-refractivity contribution in [1.29, 1.82) is 0 Å². The van der Waals surface area contributed by atoms with E-state index >= 15 is 0 Å². The van der Waals surface area contributed by atoms with Gasteiger partial charge in [-0.05, 0) is 67.7 Å². The van der Waals surface area contributed by atoms with Gasteiger partial charge in [-0.2, -0.15) is 0 Å². The molecule has 120 valence electrons. The van der Waals surface area contributed by atoms with E-state index in [1.165, 1.54) is 37.1 Å². The summed E-state index contributed by atoms with van der Waals surface area (Å²) in [5.41, 5.74) is 4.09. The topological polar surface area (TPSA) is 32.3 Å². The van der Waals surface area contributed by atoms with Crippen molar-refractivity contribution >= 4 is 11.6 Å². The first-order chi connectivity index (χ1) is 11.2. The molecule has 1 saturated heterocycles. The van der Waals surface area contributed by atoms with Crippen LogP contribution >= 0.6 is 0 Å². The Morgan fingerprint density at radius 3 is 2.17 bits per heavy atom. The highest BCUT2D eigenvalue weighted by Crippen LogP contribution is 2.15. The number of aryl methyl sites for hydroxylation is 1. The van der Waals surface area contributed by atoms with Crippen LogP contribution in [0.1, 0.15) is 41.3 Å². The Labute approximate surface area is 138 Å². The summed E-state index contributed by atoms with van der Waals surface area (Å²) in [7, 11) is 0. The summed E-state index contributed by atoms with van der Waals surface area (Å²) in [4.78, 5) is 14.8. The Morgan fingerprint density at radius 1 is 0.957 bits per heavy atom. The first-order valence-electron chi connectivity index (χ1n) is 8.46. The highest BCUT2D eigenvalue weighted by molar-refractivity contribution is 6.04. The third-order valence-electron chi connectivity index (χ3n) is 4.44. The summed E-state index contributed by atoms with van der Waals surface area (Å²) >= 11 is 0. The summed E-state index contributed by atoms with van der Waals surface area (Å²) < 4.78 is 0. The van der Waals surface area contributed by atoms with Crippen molar-refractivity contribution in [2.45, 2.75) is 32.7 Å². The summed E-state index contributed by atoms with van der Waals surface area (Å²) in [6.07, 6.45) is 3.61. The van der Waals surface area contributed by atoms with Crippen molar-refractivity contribution in [3.05, 3.63) is 65.2 Å². The summed E-state index contributed by atoms with van der Waals surface area (Å²) in [5, 5.41) is 2.95. The molecule has 1 N–H and O–H groups in total. The average Bonchev–Trinajstić information content (AvgIpc) is 3.09. The van der Waals surface area contributed by atoms with Crippen molar-refractivity contribution in [2.24, 2.45) is 0 Å². The number of hydrogen-bond donors (Lipinski definition) is 1. The second-order valence-corrected chi connectivity index (χ2v) is 6.18. The molecule has 0 aliphatic carbocycles. The molecule has 0 saturated carbocycles. The van der Waals surface area contributed by atoms with Gasteiger partial charge in [-0.15, -0.1) is 0 Å². The second kappa shape index (κ2) is 7.42. The van der Waals surface area contributed by atoms with Crippen molar-refractivity contribution in [2.75, 3.05) is 18.4 Å². The molecule has 0 bridgehead atoms. The fourth-order valence-electron chi connectivity index (χ4n) is 2.99. The molecule has 3 heteroatoms. The van der Waals surface area contributed by atoms with Crippen LogP contribution in [0.3, 0.4) is 0 Å². The van der Waals surface area contributed by atoms with Crippen molar-refractivity contribution in [3.8, 4) is 0 Å². The number of nitrogens with one attached hydrogen (secondary N) is 1. The molecule has 1 fully saturated rings. The van der Waals surface area contributed by atoms with Gasteiger partial charge in [0.25, 0.3) is 5.91 Å². The molecule has 3 rings (SSSR count). The maximum absolute atomic E-state index is 12.3. The zero-order valence-electron chi connectivity index (χ0n) is 13.7. The Balaban J connectivity index is 1.60. The summed E-state index contributed by atoms with van der Waals surface area (Å²) in [6.45, 7) is 5.49. The number of likely N-dealkylation sites (tertiary alicyclic amines) is 1. The van der Waals surface area contributed by atoms with E-state index in [9.17, 15) is 4.79 Å². The van der Waals surface area contributed by atoms with E-state index in [2.05, 4.69) is 41.4 Å². The Bertz CT molecular complexity index is 640. The highest BCUT2D eigenvalue weighted by Gasteiger charge is 2.12. The molecule has 1 aliphatic rings. The van der Waals surface area contributed by atoms with Crippen LogP contribution in [0.4, 0.5) is 5.69 Å². The van der Waals surface area contributed by atoms with E-state index in [1.54, 1.807) is 0 Å². The molecule has 1 amide bonds. The van der Waals surface area contributed by atoms with E-state index < -0.39 is 0 Å². The van der Waals surface area contributed by atoms with Crippen LogP contribution in [0, 0.1) is 0 Å². The van der Waals surface area contributed by atoms with E-state index in [1.807, 2.05) is 24.3 Å². The van der Waals surface area contributed by atoms with Crippen molar-refractivity contribution in [3.63, 3.8) is 0 Å². The molecule has 0 spiro atoms. The lowest BCUT2D eigenvalue weighted by atomic mass is 10.1. The molecule has 1 aliphatic heterocycles. The lowest BCUT2D eigenvalue weighted by Gasteiger charge is -2.14. The van der Waals surface area contributed by atoms with E-state index in [0.717, 1.165) is 18.7 Å². The van der Waals surface area contributed by atoms with Crippen LogP contribution in [0.2, 0.25) is 0 Å². The van der Waals surface area contributed by atoms with Gasteiger partial charge in [0.1, 0.15) is 0 Å². The van der Waals surface area contributed by atoms with Gasteiger partial charge in [-0.1, -0.05) is 31.2 Å². The maximum atomic E-state index is 12.3. The Hall–Kier alpha value is -2.13. The molecular weight excluding hydrogens is 284 g/mol. The third kappa shape index (κ3) is 4.20. The average molecular weight is 308 g/mol. The number of anilines is 1. The second-order valence-electron chi connectivity index (χ2n) is 6.18. The number of amides is 1. The molecule has 23 heavy (non-hydrogen) atoms. The fourth-order valence-corrected chi connectivity index (χ4v) is 2.99. The minimum atomic E-state index is -0.0537. The lowest BCUT2D eigenvalue weighted by molar-refractivity contribution is 0.102. The van der Waals surface area contributed by atoms with Gasteiger partial charge < -0.3 is 5.32 Å². The van der Waals surface area contributed by atoms with Crippen LogP contribution in [0.25, 0.3) is 0 Å². The van der Waals surface area contributed by atoms with Gasteiger partial charge in [0.15, 0.2) is 0 Å². The molecule has 3 nitrogen and oxygen atoms in total. The smallest absolute Gasteiger partial charge is 0.255 e. The minimum absolute atomic E-state index is 0.0537. The third-order valence-corrected chi connectivity index (χ3v) is 4.44. The van der Waals surface area contributed by atoms with Crippen LogP contribution in [0.5, 0.6) is 0 Å². The zero-order chi connectivity index (χ0) is 16.1. The largest absolute Gasteiger partial charge is 0.322 e. The van der Waals surface area contributed by atoms with Crippen LogP contribution in [-0.2, 0) is 13.0 Å². The van der Waals surface area contributed by atoms with Crippen LogP contribution < -0.4 is 5.32 Å². The normalized spacial score (nSPS) is 14.8. The zero-order valence-corrected chi connectivity index (χ0v) is 13.7. The number of benzene rings is 2. The molecule has 0 atom stereocenters. The molecule has 2 aromatic carbocycles.